The molecule has 33 heavy (non-hydrogen) atoms. The molecule has 1 aliphatic heterocycles. The number of nitrogens with zero attached hydrogens (tertiary/aromatic N) is 6. The fourth-order valence-electron chi connectivity index (χ4n) is 3.09. The van der Waals surface area contributed by atoms with Crippen LogP contribution in [0.3, 0.4) is 0 Å². The predicted octanol–water partition coefficient (Wildman–Crippen LogP) is 1.27. The molecule has 1 amide bonds. The molecule has 0 saturated carbocycles. The molecule has 170 valence electrons. The van der Waals surface area contributed by atoms with Gasteiger partial charge in [0.25, 0.3) is 0 Å². The summed E-state index contributed by atoms with van der Waals surface area (Å²) in [6, 6.07) is 12.7. The van der Waals surface area contributed by atoms with Crippen molar-refractivity contribution in [2.24, 2.45) is 10.8 Å². The number of aromatic nitrogens is 4. The zero-order valence-corrected chi connectivity index (χ0v) is 17.9. The molecule has 0 unspecified atom stereocenters. The highest BCUT2D eigenvalue weighted by Gasteiger charge is 2.17. The number of hydrogen-bond donors (Lipinski definition) is 2. The van der Waals surface area contributed by atoms with Crippen LogP contribution in [0.1, 0.15) is 21.9 Å². The number of benzene rings is 1. The number of ether oxygens (including phenoxy) is 2. The molecule has 0 atom stereocenters. The summed E-state index contributed by atoms with van der Waals surface area (Å²) in [5, 5.41) is 4.18. The Morgan fingerprint density at radius 2 is 2.06 bits per heavy atom. The third-order valence-corrected chi connectivity index (χ3v) is 4.75. The second-order valence-electron chi connectivity index (χ2n) is 7.11. The lowest BCUT2D eigenvalue weighted by atomic mass is 10.2. The molecule has 11 heteroatoms. The van der Waals surface area contributed by atoms with E-state index < -0.39 is 5.91 Å². The number of nitrogens with one attached hydrogen (secondary N) is 1. The van der Waals surface area contributed by atoms with Crippen LogP contribution in [0.2, 0.25) is 0 Å². The van der Waals surface area contributed by atoms with E-state index in [-0.39, 0.29) is 6.01 Å². The lowest BCUT2D eigenvalue weighted by Crippen LogP contribution is -2.37. The van der Waals surface area contributed by atoms with Crippen LogP contribution in [0.15, 0.2) is 53.8 Å². The van der Waals surface area contributed by atoms with E-state index in [2.05, 4.69) is 30.5 Å². The SMILES string of the molecule is NC(=O)c1cccc(N/N=C/c2nc(OCCc3ccccn3)nc(N3CCOCC3)n2)c1. The van der Waals surface area contributed by atoms with Crippen LogP contribution < -0.4 is 20.8 Å². The Labute approximate surface area is 190 Å². The van der Waals surface area contributed by atoms with Crippen molar-refractivity contribution >= 4 is 23.8 Å². The maximum absolute atomic E-state index is 11.3. The molecule has 4 rings (SSSR count). The first kappa shape index (κ1) is 22.1. The Balaban J connectivity index is 1.47. The molecule has 0 bridgehead atoms. The van der Waals surface area contributed by atoms with Crippen LogP contribution in [-0.4, -0.2) is 65.0 Å². The number of carbonyl (C=O) groups is 1. The Bertz CT molecular complexity index is 1100. The van der Waals surface area contributed by atoms with E-state index in [9.17, 15) is 4.79 Å². The molecular formula is C22H24N8O3. The summed E-state index contributed by atoms with van der Waals surface area (Å²) in [5.41, 5.74) is 10.1. The quantitative estimate of drug-likeness (QED) is 0.366. The molecule has 1 saturated heterocycles. The van der Waals surface area contributed by atoms with Gasteiger partial charge in [-0.25, -0.2) is 0 Å². The fourth-order valence-corrected chi connectivity index (χ4v) is 3.09. The summed E-state index contributed by atoms with van der Waals surface area (Å²) in [5.74, 6) is 0.318. The maximum atomic E-state index is 11.3. The number of hydrazone groups is 1. The van der Waals surface area contributed by atoms with Crippen molar-refractivity contribution in [1.82, 2.24) is 19.9 Å². The Hall–Kier alpha value is -4.12. The first-order chi connectivity index (χ1) is 16.2. The van der Waals surface area contributed by atoms with Crippen molar-refractivity contribution in [3.8, 4) is 6.01 Å². The van der Waals surface area contributed by atoms with Gasteiger partial charge >= 0.3 is 6.01 Å². The van der Waals surface area contributed by atoms with E-state index in [1.54, 1.807) is 30.5 Å². The minimum atomic E-state index is -0.511. The topological polar surface area (TPSA) is 141 Å². The Morgan fingerprint density at radius 3 is 2.85 bits per heavy atom. The number of amides is 1. The minimum absolute atomic E-state index is 0.208. The van der Waals surface area contributed by atoms with E-state index in [1.807, 2.05) is 23.1 Å². The second kappa shape index (κ2) is 11.0. The summed E-state index contributed by atoms with van der Waals surface area (Å²) in [7, 11) is 0. The number of morpholine rings is 1. The van der Waals surface area contributed by atoms with Crippen molar-refractivity contribution in [1.29, 1.82) is 0 Å². The van der Waals surface area contributed by atoms with Crippen molar-refractivity contribution in [3.63, 3.8) is 0 Å². The molecular weight excluding hydrogens is 424 g/mol. The van der Waals surface area contributed by atoms with Gasteiger partial charge in [-0.3, -0.25) is 15.2 Å². The highest BCUT2D eigenvalue weighted by atomic mass is 16.5. The lowest BCUT2D eigenvalue weighted by Gasteiger charge is -2.26. The summed E-state index contributed by atoms with van der Waals surface area (Å²) in [6.07, 6.45) is 3.84. The summed E-state index contributed by atoms with van der Waals surface area (Å²) < 4.78 is 11.2. The summed E-state index contributed by atoms with van der Waals surface area (Å²) >= 11 is 0. The Morgan fingerprint density at radius 1 is 1.18 bits per heavy atom. The molecule has 3 aromatic rings. The van der Waals surface area contributed by atoms with Crippen LogP contribution in [0, 0.1) is 0 Å². The molecule has 1 fully saturated rings. The number of rotatable bonds is 9. The molecule has 0 aliphatic carbocycles. The van der Waals surface area contributed by atoms with Crippen LogP contribution in [-0.2, 0) is 11.2 Å². The molecule has 0 spiro atoms. The third-order valence-electron chi connectivity index (χ3n) is 4.75. The van der Waals surface area contributed by atoms with Crippen LogP contribution in [0.4, 0.5) is 11.6 Å². The van der Waals surface area contributed by atoms with E-state index in [0.29, 0.717) is 62.4 Å². The van der Waals surface area contributed by atoms with Crippen molar-refractivity contribution in [2.75, 3.05) is 43.2 Å². The van der Waals surface area contributed by atoms with Gasteiger partial charge in [-0.1, -0.05) is 12.1 Å². The van der Waals surface area contributed by atoms with Gasteiger partial charge < -0.3 is 20.1 Å². The third kappa shape index (κ3) is 6.43. The molecule has 3 heterocycles. The van der Waals surface area contributed by atoms with Crippen molar-refractivity contribution in [3.05, 3.63) is 65.7 Å². The first-order valence-corrected chi connectivity index (χ1v) is 10.5. The average molecular weight is 448 g/mol. The first-order valence-electron chi connectivity index (χ1n) is 10.5. The summed E-state index contributed by atoms with van der Waals surface area (Å²) in [4.78, 5) is 31.0. The second-order valence-corrected chi connectivity index (χ2v) is 7.11. The molecule has 0 radical (unpaired) electrons. The molecule has 11 nitrogen and oxygen atoms in total. The zero-order chi connectivity index (χ0) is 22.9. The smallest absolute Gasteiger partial charge is 0.321 e. The van der Waals surface area contributed by atoms with Gasteiger partial charge in [-0.05, 0) is 30.3 Å². The van der Waals surface area contributed by atoms with E-state index >= 15 is 0 Å². The van der Waals surface area contributed by atoms with E-state index in [4.69, 9.17) is 15.2 Å². The maximum Gasteiger partial charge on any atom is 0.321 e. The number of primary amides is 1. The number of anilines is 2. The van der Waals surface area contributed by atoms with E-state index in [1.165, 1.54) is 6.21 Å². The number of pyridine rings is 1. The van der Waals surface area contributed by atoms with Crippen LogP contribution >= 0.6 is 0 Å². The normalized spacial score (nSPS) is 13.8. The van der Waals surface area contributed by atoms with Crippen molar-refractivity contribution < 1.29 is 14.3 Å². The van der Waals surface area contributed by atoms with E-state index in [0.717, 1.165) is 5.69 Å². The minimum Gasteiger partial charge on any atom is -0.463 e. The van der Waals surface area contributed by atoms with Gasteiger partial charge in [0.05, 0.1) is 31.7 Å². The molecule has 1 aromatic carbocycles. The number of carbonyl (C=O) groups excluding carboxylic acids is 1. The number of hydrogen-bond acceptors (Lipinski definition) is 10. The highest BCUT2D eigenvalue weighted by Crippen LogP contribution is 2.14. The zero-order valence-electron chi connectivity index (χ0n) is 17.9. The van der Waals surface area contributed by atoms with Gasteiger partial charge in [0.15, 0.2) is 5.82 Å². The molecule has 1 aliphatic rings. The molecule has 2 aromatic heterocycles. The summed E-state index contributed by atoms with van der Waals surface area (Å²) in [6.45, 7) is 2.92. The van der Waals surface area contributed by atoms with Crippen molar-refractivity contribution in [2.45, 2.75) is 6.42 Å². The molecule has 3 N–H and O–H groups in total. The Kier molecular flexibility index (Phi) is 7.33. The predicted molar refractivity (Wildman–Crippen MR) is 122 cm³/mol. The monoisotopic (exact) mass is 448 g/mol. The van der Waals surface area contributed by atoms with Crippen LogP contribution in [0.25, 0.3) is 0 Å². The highest BCUT2D eigenvalue weighted by molar-refractivity contribution is 5.93. The van der Waals surface area contributed by atoms with Gasteiger partial charge in [0.1, 0.15) is 0 Å². The number of nitrogens with two attached hydrogens (primary N) is 1. The van der Waals surface area contributed by atoms with Gasteiger partial charge in [0, 0.05) is 37.0 Å². The standard InChI is InChI=1S/C22H24N8O3/c23-20(31)16-4-3-6-18(14-16)29-25-15-19-26-21(30-9-12-32-13-10-30)28-22(27-19)33-11-7-17-5-1-2-8-24-17/h1-6,8,14-15,29H,7,9-13H2,(H2,23,31)/b25-15+. The average Bonchev–Trinajstić information content (AvgIpc) is 2.85. The largest absolute Gasteiger partial charge is 0.463 e. The van der Waals surface area contributed by atoms with Crippen LogP contribution in [0.5, 0.6) is 6.01 Å². The fraction of sp³-hybridized carbons (Fsp3) is 0.273. The van der Waals surface area contributed by atoms with Gasteiger partial charge in [0.2, 0.25) is 11.9 Å². The lowest BCUT2D eigenvalue weighted by molar-refractivity contribution is 0.100. The van der Waals surface area contributed by atoms with Gasteiger partial charge in [-0.15, -0.1) is 0 Å². The van der Waals surface area contributed by atoms with Gasteiger partial charge in [-0.2, -0.15) is 20.1 Å².